The number of nitrogens with zero attached hydrogens (tertiary/aromatic N) is 3. The zero-order chi connectivity index (χ0) is 19.2. The Bertz CT molecular complexity index is 963. The van der Waals surface area contributed by atoms with Crippen LogP contribution in [0.5, 0.6) is 0 Å². The lowest BCUT2D eigenvalue weighted by molar-refractivity contribution is -0.144. The van der Waals surface area contributed by atoms with Gasteiger partial charge < -0.3 is 14.6 Å². The van der Waals surface area contributed by atoms with E-state index in [-0.39, 0.29) is 29.6 Å². The Kier molecular flexibility index (Phi) is 6.00. The van der Waals surface area contributed by atoms with Gasteiger partial charge in [-0.05, 0) is 30.3 Å². The highest BCUT2D eigenvalue weighted by Gasteiger charge is 2.14. The maximum Gasteiger partial charge on any atom is 0.325 e. The summed E-state index contributed by atoms with van der Waals surface area (Å²) in [6.45, 7) is -0.564. The molecule has 0 atom stereocenters. The molecule has 0 bridgehead atoms. The SMILES string of the molecule is O=C(CNC(=O)c1ccc(Cl)cc1Cl)OCc1nc(-c2cccnc2)no1. The van der Waals surface area contributed by atoms with Crippen molar-refractivity contribution >= 4 is 35.1 Å². The molecule has 10 heteroatoms. The van der Waals surface area contributed by atoms with Gasteiger partial charge in [0.2, 0.25) is 5.82 Å². The number of pyridine rings is 1. The van der Waals surface area contributed by atoms with Crippen LogP contribution >= 0.6 is 23.2 Å². The molecule has 0 aliphatic rings. The number of hydrogen-bond donors (Lipinski definition) is 1. The zero-order valence-electron chi connectivity index (χ0n) is 13.7. The van der Waals surface area contributed by atoms with E-state index >= 15 is 0 Å². The number of rotatable bonds is 6. The van der Waals surface area contributed by atoms with Gasteiger partial charge in [0.25, 0.3) is 11.8 Å². The fraction of sp³-hybridized carbons (Fsp3) is 0.118. The van der Waals surface area contributed by atoms with Gasteiger partial charge in [0, 0.05) is 23.0 Å². The number of carbonyl (C=O) groups excluding carboxylic acids is 2. The van der Waals surface area contributed by atoms with E-state index in [1.807, 2.05) is 0 Å². The Hall–Kier alpha value is -2.97. The molecule has 2 aromatic heterocycles. The van der Waals surface area contributed by atoms with Crippen LogP contribution in [-0.2, 0) is 16.1 Å². The second kappa shape index (κ2) is 8.61. The number of esters is 1. The first-order valence-corrected chi connectivity index (χ1v) is 8.40. The first-order chi connectivity index (χ1) is 13.0. The van der Waals surface area contributed by atoms with Crippen molar-refractivity contribution in [2.75, 3.05) is 6.54 Å². The molecule has 1 N–H and O–H groups in total. The molecule has 0 radical (unpaired) electrons. The molecule has 1 amide bonds. The lowest BCUT2D eigenvalue weighted by atomic mass is 10.2. The van der Waals surface area contributed by atoms with Crippen molar-refractivity contribution in [1.29, 1.82) is 0 Å². The van der Waals surface area contributed by atoms with Gasteiger partial charge in [-0.25, -0.2) is 0 Å². The maximum atomic E-state index is 12.0. The maximum absolute atomic E-state index is 12.0. The highest BCUT2D eigenvalue weighted by molar-refractivity contribution is 6.36. The summed E-state index contributed by atoms with van der Waals surface area (Å²) in [7, 11) is 0. The van der Waals surface area contributed by atoms with Crippen molar-refractivity contribution in [2.45, 2.75) is 6.61 Å². The second-order valence-electron chi connectivity index (χ2n) is 5.22. The van der Waals surface area contributed by atoms with Crippen LogP contribution in [0.3, 0.4) is 0 Å². The van der Waals surface area contributed by atoms with E-state index in [1.54, 1.807) is 24.5 Å². The van der Waals surface area contributed by atoms with Crippen LogP contribution < -0.4 is 5.32 Å². The summed E-state index contributed by atoms with van der Waals surface area (Å²) >= 11 is 11.7. The predicted octanol–water partition coefficient (Wildman–Crippen LogP) is 2.91. The van der Waals surface area contributed by atoms with Crippen LogP contribution in [0.25, 0.3) is 11.4 Å². The van der Waals surface area contributed by atoms with Gasteiger partial charge in [0.1, 0.15) is 6.54 Å². The van der Waals surface area contributed by atoms with E-state index in [1.165, 1.54) is 18.2 Å². The number of halogens is 2. The van der Waals surface area contributed by atoms with Crippen LogP contribution in [0.4, 0.5) is 0 Å². The third-order valence-corrected chi connectivity index (χ3v) is 3.86. The molecule has 0 fully saturated rings. The minimum Gasteiger partial charge on any atom is -0.454 e. The molecular formula is C17H12Cl2N4O4. The average molecular weight is 407 g/mol. The van der Waals surface area contributed by atoms with Gasteiger partial charge in [-0.2, -0.15) is 4.98 Å². The Morgan fingerprint density at radius 3 is 2.81 bits per heavy atom. The summed E-state index contributed by atoms with van der Waals surface area (Å²) in [5.41, 5.74) is 0.873. The summed E-state index contributed by atoms with van der Waals surface area (Å²) in [6, 6.07) is 7.93. The van der Waals surface area contributed by atoms with Crippen LogP contribution in [0.2, 0.25) is 10.0 Å². The van der Waals surface area contributed by atoms with Gasteiger partial charge in [-0.15, -0.1) is 0 Å². The van der Waals surface area contributed by atoms with Crippen LogP contribution in [-0.4, -0.2) is 33.5 Å². The summed E-state index contributed by atoms with van der Waals surface area (Å²) in [5.74, 6) is -0.742. The van der Waals surface area contributed by atoms with Gasteiger partial charge in [-0.1, -0.05) is 28.4 Å². The third kappa shape index (κ3) is 5.02. The van der Waals surface area contributed by atoms with Crippen molar-refractivity contribution < 1.29 is 18.8 Å². The molecule has 0 saturated heterocycles. The minimum absolute atomic E-state index is 0.120. The fourth-order valence-electron chi connectivity index (χ4n) is 2.04. The van der Waals surface area contributed by atoms with Gasteiger partial charge in [-0.3, -0.25) is 14.6 Å². The molecule has 8 nitrogen and oxygen atoms in total. The van der Waals surface area contributed by atoms with E-state index in [9.17, 15) is 9.59 Å². The lowest BCUT2D eigenvalue weighted by Crippen LogP contribution is -2.30. The smallest absolute Gasteiger partial charge is 0.325 e. The second-order valence-corrected chi connectivity index (χ2v) is 6.06. The quantitative estimate of drug-likeness (QED) is 0.626. The van der Waals surface area contributed by atoms with Crippen molar-refractivity contribution in [3.05, 3.63) is 64.2 Å². The van der Waals surface area contributed by atoms with Crippen molar-refractivity contribution in [3.8, 4) is 11.4 Å². The first kappa shape index (κ1) is 18.8. The largest absolute Gasteiger partial charge is 0.454 e. The Labute approximate surface area is 163 Å². The van der Waals surface area contributed by atoms with Crippen molar-refractivity contribution in [3.63, 3.8) is 0 Å². The van der Waals surface area contributed by atoms with E-state index in [4.69, 9.17) is 32.5 Å². The van der Waals surface area contributed by atoms with E-state index in [0.717, 1.165) is 0 Å². The summed E-state index contributed by atoms with van der Waals surface area (Å²) in [6.07, 6.45) is 3.20. The Balaban J connectivity index is 1.49. The Morgan fingerprint density at radius 1 is 1.22 bits per heavy atom. The average Bonchev–Trinajstić information content (AvgIpc) is 3.14. The van der Waals surface area contributed by atoms with Gasteiger partial charge >= 0.3 is 5.97 Å². The summed E-state index contributed by atoms with van der Waals surface area (Å²) < 4.78 is 10.0. The standard InChI is InChI=1S/C17H12Cl2N4O4/c18-11-3-4-12(13(19)6-11)17(25)21-8-15(24)26-9-14-22-16(23-27-14)10-2-1-5-20-7-10/h1-7H,8-9H2,(H,21,25). The highest BCUT2D eigenvalue weighted by atomic mass is 35.5. The number of aromatic nitrogens is 3. The van der Waals surface area contributed by atoms with Gasteiger partial charge in [0.05, 0.1) is 10.6 Å². The van der Waals surface area contributed by atoms with Crippen LogP contribution in [0.1, 0.15) is 16.2 Å². The first-order valence-electron chi connectivity index (χ1n) is 7.65. The molecule has 0 spiro atoms. The fourth-order valence-corrected chi connectivity index (χ4v) is 2.53. The van der Waals surface area contributed by atoms with E-state index < -0.39 is 11.9 Å². The molecule has 27 heavy (non-hydrogen) atoms. The summed E-state index contributed by atoms with van der Waals surface area (Å²) in [4.78, 5) is 31.9. The molecule has 3 aromatic rings. The van der Waals surface area contributed by atoms with Crippen molar-refractivity contribution in [2.24, 2.45) is 0 Å². The number of ether oxygens (including phenoxy) is 1. The third-order valence-electron chi connectivity index (χ3n) is 3.31. The molecule has 0 saturated carbocycles. The van der Waals surface area contributed by atoms with Crippen molar-refractivity contribution in [1.82, 2.24) is 20.4 Å². The molecule has 3 rings (SSSR count). The van der Waals surface area contributed by atoms with Gasteiger partial charge in [0.15, 0.2) is 6.61 Å². The van der Waals surface area contributed by atoms with E-state index in [2.05, 4.69) is 20.4 Å². The number of carbonyl (C=O) groups is 2. The zero-order valence-corrected chi connectivity index (χ0v) is 15.2. The predicted molar refractivity (Wildman–Crippen MR) is 96.1 cm³/mol. The topological polar surface area (TPSA) is 107 Å². The molecular weight excluding hydrogens is 395 g/mol. The molecule has 2 heterocycles. The number of hydrogen-bond acceptors (Lipinski definition) is 7. The molecule has 1 aromatic carbocycles. The molecule has 138 valence electrons. The monoisotopic (exact) mass is 406 g/mol. The normalized spacial score (nSPS) is 10.4. The molecule has 0 aliphatic heterocycles. The minimum atomic E-state index is -0.672. The van der Waals surface area contributed by atoms with E-state index in [0.29, 0.717) is 16.4 Å². The van der Waals surface area contributed by atoms with Crippen LogP contribution in [0, 0.1) is 0 Å². The number of nitrogens with one attached hydrogen (secondary N) is 1. The lowest BCUT2D eigenvalue weighted by Gasteiger charge is -2.06. The number of amides is 1. The van der Waals surface area contributed by atoms with Crippen LogP contribution in [0.15, 0.2) is 47.2 Å². The highest BCUT2D eigenvalue weighted by Crippen LogP contribution is 2.20. The molecule has 0 unspecified atom stereocenters. The molecule has 0 aliphatic carbocycles. The summed E-state index contributed by atoms with van der Waals surface area (Å²) in [5, 5.41) is 6.78. The number of benzene rings is 1. The Morgan fingerprint density at radius 2 is 2.07 bits per heavy atom.